The molecule has 0 aliphatic heterocycles. The maximum absolute atomic E-state index is 4.91. The Bertz CT molecular complexity index is 2830. The van der Waals surface area contributed by atoms with Crippen molar-refractivity contribution in [3.05, 3.63) is 70.9 Å². The van der Waals surface area contributed by atoms with E-state index < -0.39 is 0 Å². The second kappa shape index (κ2) is 14.5. The van der Waals surface area contributed by atoms with Crippen LogP contribution in [0.4, 0.5) is 0 Å². The highest BCUT2D eigenvalue weighted by atomic mass is 32.1. The Morgan fingerprint density at radius 2 is 0.564 bits per heavy atom. The highest BCUT2D eigenvalue weighted by Crippen LogP contribution is 2.39. The van der Waals surface area contributed by atoms with E-state index >= 15 is 0 Å². The highest BCUT2D eigenvalue weighted by molar-refractivity contribution is 7.19. The van der Waals surface area contributed by atoms with Crippen molar-refractivity contribution in [1.82, 2.24) is 54.8 Å². The van der Waals surface area contributed by atoms with Crippen LogP contribution in [0.25, 0.3) is 107 Å². The van der Waals surface area contributed by atoms with Gasteiger partial charge in [-0.2, -0.15) is 0 Å². The summed E-state index contributed by atoms with van der Waals surface area (Å²) in [5.74, 6) is 0. The molecule has 11 aromatic heterocycles. The van der Waals surface area contributed by atoms with Crippen LogP contribution in [0.15, 0.2) is 64.7 Å². The molecular formula is C33H12N11S11. The first-order chi connectivity index (χ1) is 27.2. The van der Waals surface area contributed by atoms with Crippen molar-refractivity contribution < 1.29 is 0 Å². The maximum atomic E-state index is 4.91. The van der Waals surface area contributed by atoms with Crippen molar-refractivity contribution in [2.24, 2.45) is 0 Å². The Morgan fingerprint density at radius 3 is 0.800 bits per heavy atom. The second-order valence-corrected chi connectivity index (χ2v) is 20.3. The third-order valence-electron chi connectivity index (χ3n) is 7.55. The molecule has 0 N–H and O–H groups in total. The lowest BCUT2D eigenvalue weighted by Crippen LogP contribution is -1.83. The topological polar surface area (TPSA) is 142 Å². The zero-order valence-corrected chi connectivity index (χ0v) is 35.8. The molecule has 0 amide bonds. The van der Waals surface area contributed by atoms with Crippen molar-refractivity contribution in [3.63, 3.8) is 0 Å². The van der Waals surface area contributed by atoms with Gasteiger partial charge in [0.1, 0.15) is 113 Å². The third-order valence-corrected chi connectivity index (χ3v) is 16.7. The van der Waals surface area contributed by atoms with Crippen LogP contribution in [0.3, 0.4) is 0 Å². The molecule has 0 saturated carbocycles. The molecule has 11 rings (SSSR count). The number of aromatic nitrogens is 11. The second-order valence-electron chi connectivity index (χ2n) is 11.0. The van der Waals surface area contributed by atoms with Gasteiger partial charge in [-0.1, -0.05) is 0 Å². The summed E-state index contributed by atoms with van der Waals surface area (Å²) < 4.78 is 0. The molecule has 55 heavy (non-hydrogen) atoms. The van der Waals surface area contributed by atoms with Gasteiger partial charge in [0.05, 0.1) is 5.51 Å². The average Bonchev–Trinajstić information content (AvgIpc) is 4.08. The molecule has 0 spiro atoms. The summed E-state index contributed by atoms with van der Waals surface area (Å²) >= 11 is 17.1. The molecule has 0 atom stereocenters. The zero-order chi connectivity index (χ0) is 36.3. The molecule has 0 fully saturated rings. The molecule has 0 aromatic carbocycles. The largest absolute Gasteiger partial charge is 0.242 e. The predicted molar refractivity (Wildman–Crippen MR) is 232 cm³/mol. The summed E-state index contributed by atoms with van der Waals surface area (Å²) in [6.07, 6.45) is 2.85. The summed E-state index contributed by atoms with van der Waals surface area (Å²) in [7, 11) is 0. The van der Waals surface area contributed by atoms with Crippen LogP contribution in [-0.4, -0.2) is 54.8 Å². The molecule has 0 bridgehead atoms. The fourth-order valence-electron chi connectivity index (χ4n) is 5.04. The summed E-state index contributed by atoms with van der Waals surface area (Å²) in [5.41, 5.74) is 10.2. The highest BCUT2D eigenvalue weighted by Gasteiger charge is 2.20. The van der Waals surface area contributed by atoms with Gasteiger partial charge >= 0.3 is 0 Å². The molecule has 22 heteroatoms. The Labute approximate surface area is 353 Å². The Balaban J connectivity index is 0.765. The molecule has 265 valence electrons. The summed E-state index contributed by atoms with van der Waals surface area (Å²) in [6.45, 7) is 0. The zero-order valence-electron chi connectivity index (χ0n) is 26.8. The van der Waals surface area contributed by atoms with Gasteiger partial charge in [0.25, 0.3) is 0 Å². The lowest BCUT2D eigenvalue weighted by molar-refractivity contribution is 1.28. The molecule has 0 aliphatic carbocycles. The smallest absolute Gasteiger partial charge is 0.143 e. The monoisotopic (exact) mass is 914 g/mol. The number of hydrogen-bond acceptors (Lipinski definition) is 22. The van der Waals surface area contributed by atoms with E-state index in [1.54, 1.807) is 113 Å². The van der Waals surface area contributed by atoms with Crippen LogP contribution >= 0.6 is 125 Å². The first kappa shape index (κ1) is 34.2. The minimum atomic E-state index is 0.819. The van der Waals surface area contributed by atoms with E-state index in [1.807, 2.05) is 64.7 Å². The standard InChI is InChI=1S/C33H12N11S11/c1-2-46-24(34-1)15-4-48-26(36-15)17-6-50-28(38-17)19-8-52-30(40-19)21-10-54-32(42-21)23-12-55-33(44-23)22-11-53-31(43-22)20-9-51-29(41-20)18-7-49-27(39-18)16-5-47-25(37-16)14-3-45-13-35-14/h2-13H. The number of hydrogen-bond donors (Lipinski definition) is 0. The van der Waals surface area contributed by atoms with Crippen LogP contribution in [0.2, 0.25) is 0 Å². The van der Waals surface area contributed by atoms with E-state index in [-0.39, 0.29) is 0 Å². The van der Waals surface area contributed by atoms with Gasteiger partial charge in [0, 0.05) is 59.2 Å². The van der Waals surface area contributed by atoms with Gasteiger partial charge in [-0.15, -0.1) is 125 Å². The molecule has 11 aromatic rings. The van der Waals surface area contributed by atoms with Gasteiger partial charge in [0.15, 0.2) is 0 Å². The SMILES string of the molecule is [c]1csc(-c2csc(-c3csc(-c4csc(-c5csc(-c6csc(-c7csc(-c8csc(-c9csc(-c%10csc(-c%11cscn%11)n%10)n9)n8)n7)n6)n5)n4)n3)n2)n1. The molecule has 1 radical (unpaired) electrons. The van der Waals surface area contributed by atoms with Crippen LogP contribution in [0.1, 0.15) is 0 Å². The maximum Gasteiger partial charge on any atom is 0.143 e. The van der Waals surface area contributed by atoms with Crippen molar-refractivity contribution in [2.45, 2.75) is 0 Å². The van der Waals surface area contributed by atoms with E-state index in [2.05, 4.69) is 16.2 Å². The number of thiazole rings is 11. The molecule has 0 saturated heterocycles. The normalized spacial score (nSPS) is 11.6. The van der Waals surface area contributed by atoms with E-state index in [1.165, 1.54) is 11.3 Å². The fourth-order valence-corrected chi connectivity index (χ4v) is 13.7. The summed E-state index contributed by atoms with van der Waals surface area (Å²) in [4.78, 5) is 52.3. The Morgan fingerprint density at radius 1 is 0.291 bits per heavy atom. The minimum absolute atomic E-state index is 0.819. The van der Waals surface area contributed by atoms with Gasteiger partial charge in [-0.25, -0.2) is 54.8 Å². The van der Waals surface area contributed by atoms with Crippen molar-refractivity contribution >= 4 is 125 Å². The first-order valence-electron chi connectivity index (χ1n) is 15.5. The number of nitrogens with zero attached hydrogens (tertiary/aromatic N) is 11. The molecule has 11 heterocycles. The van der Waals surface area contributed by atoms with Crippen LogP contribution in [0, 0.1) is 6.20 Å². The number of rotatable bonds is 10. The van der Waals surface area contributed by atoms with Gasteiger partial charge in [-0.05, 0) is 0 Å². The van der Waals surface area contributed by atoms with Crippen molar-refractivity contribution in [2.75, 3.05) is 0 Å². The predicted octanol–water partition coefficient (Wildman–Crippen LogP) is 12.2. The molecule has 0 aliphatic rings. The minimum Gasteiger partial charge on any atom is -0.242 e. The first-order valence-corrected chi connectivity index (χ1v) is 25.2. The van der Waals surface area contributed by atoms with Gasteiger partial charge in [-0.3, -0.25) is 0 Å². The Kier molecular flexibility index (Phi) is 8.99. The van der Waals surface area contributed by atoms with Crippen LogP contribution in [-0.2, 0) is 0 Å². The van der Waals surface area contributed by atoms with Crippen molar-refractivity contribution in [1.29, 1.82) is 0 Å². The molecular weight excluding hydrogens is 903 g/mol. The van der Waals surface area contributed by atoms with Gasteiger partial charge < -0.3 is 0 Å². The Hall–Kier alpha value is -4.07. The van der Waals surface area contributed by atoms with Crippen molar-refractivity contribution in [3.8, 4) is 107 Å². The summed E-state index contributed by atoms with van der Waals surface area (Å²) in [5, 5.41) is 30.6. The fraction of sp³-hybridized carbons (Fsp3) is 0. The summed E-state index contributed by atoms with van der Waals surface area (Å²) in [6, 6.07) is 0. The van der Waals surface area contributed by atoms with E-state index in [4.69, 9.17) is 44.9 Å². The van der Waals surface area contributed by atoms with Crippen LogP contribution in [0.5, 0.6) is 0 Å². The lowest BCUT2D eigenvalue weighted by atomic mass is 10.4. The molecule has 11 nitrogen and oxygen atoms in total. The third kappa shape index (κ3) is 6.69. The van der Waals surface area contributed by atoms with E-state index in [0.717, 1.165) is 107 Å². The van der Waals surface area contributed by atoms with Crippen LogP contribution < -0.4 is 0 Å². The van der Waals surface area contributed by atoms with E-state index in [9.17, 15) is 0 Å². The van der Waals surface area contributed by atoms with E-state index in [0.29, 0.717) is 0 Å². The molecule has 0 unspecified atom stereocenters. The lowest BCUT2D eigenvalue weighted by Gasteiger charge is -1.91. The average molecular weight is 915 g/mol. The quantitative estimate of drug-likeness (QED) is 0.129. The van der Waals surface area contributed by atoms with Gasteiger partial charge in [0.2, 0.25) is 0 Å².